The highest BCUT2D eigenvalue weighted by Crippen LogP contribution is 2.19. The van der Waals surface area contributed by atoms with E-state index in [1.807, 2.05) is 17.0 Å². The lowest BCUT2D eigenvalue weighted by molar-refractivity contribution is 0.129. The molecule has 0 spiro atoms. The molecule has 2 amide bonds. The van der Waals surface area contributed by atoms with E-state index in [1.165, 1.54) is 16.3 Å². The molecule has 1 atom stereocenters. The molecule has 1 fully saturated rings. The second-order valence-electron chi connectivity index (χ2n) is 6.26. The Bertz CT molecular complexity index is 666. The molecule has 122 valence electrons. The third-order valence-corrected chi connectivity index (χ3v) is 4.61. The van der Waals surface area contributed by atoms with Gasteiger partial charge in [0, 0.05) is 26.2 Å². The minimum atomic E-state index is -0.0108. The first-order valence-corrected chi connectivity index (χ1v) is 8.38. The van der Waals surface area contributed by atoms with Crippen LogP contribution < -0.4 is 5.32 Å². The van der Waals surface area contributed by atoms with Crippen LogP contribution >= 0.6 is 0 Å². The van der Waals surface area contributed by atoms with Crippen molar-refractivity contribution in [3.63, 3.8) is 0 Å². The topological polar surface area (TPSA) is 52.6 Å². The number of rotatable bonds is 4. The molecule has 1 aliphatic heterocycles. The summed E-state index contributed by atoms with van der Waals surface area (Å²) in [6.45, 7) is 2.25. The zero-order chi connectivity index (χ0) is 16.1. The lowest BCUT2D eigenvalue weighted by Crippen LogP contribution is -2.46. The van der Waals surface area contributed by atoms with Gasteiger partial charge >= 0.3 is 6.03 Å². The summed E-state index contributed by atoms with van der Waals surface area (Å²) in [5.41, 5.74) is 1.26. The molecule has 2 aromatic carbocycles. The van der Waals surface area contributed by atoms with Crippen LogP contribution in [0, 0.1) is 5.92 Å². The zero-order valence-corrected chi connectivity index (χ0v) is 13.4. The summed E-state index contributed by atoms with van der Waals surface area (Å²) in [5.74, 6) is 0.229. The highest BCUT2D eigenvalue weighted by Gasteiger charge is 2.22. The summed E-state index contributed by atoms with van der Waals surface area (Å²) < 4.78 is 0. The van der Waals surface area contributed by atoms with Crippen molar-refractivity contribution in [1.29, 1.82) is 0 Å². The van der Waals surface area contributed by atoms with Gasteiger partial charge in [-0.3, -0.25) is 0 Å². The van der Waals surface area contributed by atoms with E-state index in [0.717, 1.165) is 25.8 Å². The van der Waals surface area contributed by atoms with Crippen molar-refractivity contribution in [3.05, 3.63) is 48.0 Å². The Morgan fingerprint density at radius 3 is 2.91 bits per heavy atom. The fraction of sp³-hybridized carbons (Fsp3) is 0.421. The number of carbonyl (C=O) groups excluding carboxylic acids is 1. The van der Waals surface area contributed by atoms with E-state index in [2.05, 4.69) is 35.6 Å². The van der Waals surface area contributed by atoms with E-state index in [-0.39, 0.29) is 18.6 Å². The van der Waals surface area contributed by atoms with Crippen LogP contribution in [0.15, 0.2) is 42.5 Å². The first kappa shape index (κ1) is 15.8. The molecule has 4 nitrogen and oxygen atoms in total. The predicted molar refractivity (Wildman–Crippen MR) is 92.4 cm³/mol. The first-order valence-electron chi connectivity index (χ1n) is 8.38. The molecular weight excluding hydrogens is 288 g/mol. The molecule has 23 heavy (non-hydrogen) atoms. The molecule has 1 heterocycles. The summed E-state index contributed by atoms with van der Waals surface area (Å²) in [6.07, 6.45) is 2.81. The maximum atomic E-state index is 12.2. The van der Waals surface area contributed by atoms with E-state index in [9.17, 15) is 9.90 Å². The molecule has 3 rings (SSSR count). The molecule has 1 unspecified atom stereocenters. The van der Waals surface area contributed by atoms with Gasteiger partial charge in [0.2, 0.25) is 0 Å². The summed E-state index contributed by atoms with van der Waals surface area (Å²) >= 11 is 0. The SMILES string of the molecule is O=C(NCCc1cccc2ccccc12)N1CCCC(CO)C1. The Labute approximate surface area is 137 Å². The number of nitrogens with one attached hydrogen (secondary N) is 1. The van der Waals surface area contributed by atoms with Crippen LogP contribution in [0.3, 0.4) is 0 Å². The van der Waals surface area contributed by atoms with Crippen molar-refractivity contribution in [2.24, 2.45) is 5.92 Å². The van der Waals surface area contributed by atoms with Crippen LogP contribution in [0.2, 0.25) is 0 Å². The maximum Gasteiger partial charge on any atom is 0.317 e. The number of amides is 2. The van der Waals surface area contributed by atoms with Crippen molar-refractivity contribution >= 4 is 16.8 Å². The van der Waals surface area contributed by atoms with Crippen molar-refractivity contribution in [2.45, 2.75) is 19.3 Å². The minimum absolute atomic E-state index is 0.0108. The van der Waals surface area contributed by atoms with Gasteiger partial charge in [-0.15, -0.1) is 0 Å². The van der Waals surface area contributed by atoms with Gasteiger partial charge in [0.15, 0.2) is 0 Å². The second-order valence-corrected chi connectivity index (χ2v) is 6.26. The fourth-order valence-corrected chi connectivity index (χ4v) is 3.32. The van der Waals surface area contributed by atoms with Gasteiger partial charge in [-0.05, 0) is 41.5 Å². The Kier molecular flexibility index (Phi) is 5.13. The Morgan fingerprint density at radius 1 is 1.22 bits per heavy atom. The standard InChI is InChI=1S/C19H24N2O2/c22-14-15-5-4-12-21(13-15)19(23)20-11-10-17-8-3-7-16-6-1-2-9-18(16)17/h1-3,6-9,15,22H,4-5,10-14H2,(H,20,23). The third-order valence-electron chi connectivity index (χ3n) is 4.61. The molecule has 0 aromatic heterocycles. The van der Waals surface area contributed by atoms with E-state index in [4.69, 9.17) is 0 Å². The summed E-state index contributed by atoms with van der Waals surface area (Å²) in [5, 5.41) is 14.8. The summed E-state index contributed by atoms with van der Waals surface area (Å²) in [7, 11) is 0. The number of hydrogen-bond acceptors (Lipinski definition) is 2. The molecule has 0 radical (unpaired) electrons. The Morgan fingerprint density at radius 2 is 2.04 bits per heavy atom. The highest BCUT2D eigenvalue weighted by molar-refractivity contribution is 5.85. The molecule has 2 aromatic rings. The van der Waals surface area contributed by atoms with Gasteiger partial charge in [-0.25, -0.2) is 4.79 Å². The summed E-state index contributed by atoms with van der Waals surface area (Å²) in [6, 6.07) is 14.6. The predicted octanol–water partition coefficient (Wildman–Crippen LogP) is 2.80. The monoisotopic (exact) mass is 312 g/mol. The van der Waals surface area contributed by atoms with Crippen LogP contribution in [0.25, 0.3) is 10.8 Å². The fourth-order valence-electron chi connectivity index (χ4n) is 3.32. The molecule has 1 aliphatic rings. The van der Waals surface area contributed by atoms with E-state index in [0.29, 0.717) is 13.1 Å². The smallest absolute Gasteiger partial charge is 0.317 e. The lowest BCUT2D eigenvalue weighted by Gasteiger charge is -2.31. The molecule has 2 N–H and O–H groups in total. The van der Waals surface area contributed by atoms with Gasteiger partial charge < -0.3 is 15.3 Å². The number of aliphatic hydroxyl groups excluding tert-OH is 1. The van der Waals surface area contributed by atoms with Crippen LogP contribution in [0.5, 0.6) is 0 Å². The van der Waals surface area contributed by atoms with Crippen LogP contribution in [0.1, 0.15) is 18.4 Å². The first-order chi connectivity index (χ1) is 11.3. The molecule has 0 bridgehead atoms. The Hall–Kier alpha value is -2.07. The van der Waals surface area contributed by atoms with Gasteiger partial charge in [0.05, 0.1) is 0 Å². The van der Waals surface area contributed by atoms with E-state index in [1.54, 1.807) is 0 Å². The van der Waals surface area contributed by atoms with Crippen molar-refractivity contribution < 1.29 is 9.90 Å². The number of hydrogen-bond donors (Lipinski definition) is 2. The summed E-state index contributed by atoms with van der Waals surface area (Å²) in [4.78, 5) is 14.1. The third kappa shape index (κ3) is 3.82. The van der Waals surface area contributed by atoms with Gasteiger partial charge in [0.1, 0.15) is 0 Å². The highest BCUT2D eigenvalue weighted by atomic mass is 16.3. The largest absolute Gasteiger partial charge is 0.396 e. The average Bonchev–Trinajstić information content (AvgIpc) is 2.62. The molecule has 1 saturated heterocycles. The average molecular weight is 312 g/mol. The lowest BCUT2D eigenvalue weighted by atomic mass is 9.99. The second kappa shape index (κ2) is 7.47. The molecule has 0 saturated carbocycles. The minimum Gasteiger partial charge on any atom is -0.396 e. The number of aliphatic hydroxyl groups is 1. The van der Waals surface area contributed by atoms with Gasteiger partial charge in [0.25, 0.3) is 0 Å². The molecule has 4 heteroatoms. The number of carbonyl (C=O) groups is 1. The van der Waals surface area contributed by atoms with Crippen molar-refractivity contribution in [3.8, 4) is 0 Å². The van der Waals surface area contributed by atoms with Crippen LogP contribution in [-0.2, 0) is 6.42 Å². The van der Waals surface area contributed by atoms with E-state index >= 15 is 0 Å². The normalized spacial score (nSPS) is 18.1. The molecular formula is C19H24N2O2. The Balaban J connectivity index is 1.55. The quantitative estimate of drug-likeness (QED) is 0.912. The van der Waals surface area contributed by atoms with Crippen LogP contribution in [-0.4, -0.2) is 42.3 Å². The zero-order valence-electron chi connectivity index (χ0n) is 13.4. The number of nitrogens with zero attached hydrogens (tertiary/aromatic N) is 1. The van der Waals surface area contributed by atoms with Crippen molar-refractivity contribution in [2.75, 3.05) is 26.2 Å². The number of urea groups is 1. The number of benzene rings is 2. The van der Waals surface area contributed by atoms with Crippen LogP contribution in [0.4, 0.5) is 4.79 Å². The maximum absolute atomic E-state index is 12.2. The van der Waals surface area contributed by atoms with Gasteiger partial charge in [-0.2, -0.15) is 0 Å². The van der Waals surface area contributed by atoms with E-state index < -0.39 is 0 Å². The number of piperidine rings is 1. The number of likely N-dealkylation sites (tertiary alicyclic amines) is 1. The van der Waals surface area contributed by atoms with Gasteiger partial charge in [-0.1, -0.05) is 42.5 Å². The molecule has 0 aliphatic carbocycles. The number of fused-ring (bicyclic) bond motifs is 1. The van der Waals surface area contributed by atoms with Crippen molar-refractivity contribution in [1.82, 2.24) is 10.2 Å².